The molecule has 0 unspecified atom stereocenters. The van der Waals surface area contributed by atoms with Crippen molar-refractivity contribution in [1.29, 1.82) is 0 Å². The Labute approximate surface area is 142 Å². The van der Waals surface area contributed by atoms with Gasteiger partial charge in [-0.25, -0.2) is 4.79 Å². The second-order valence-corrected chi connectivity index (χ2v) is 6.52. The lowest BCUT2D eigenvalue weighted by Gasteiger charge is -2.19. The van der Waals surface area contributed by atoms with Crippen LogP contribution in [0, 0.1) is 0 Å². The summed E-state index contributed by atoms with van der Waals surface area (Å²) in [4.78, 5) is 36.4. The van der Waals surface area contributed by atoms with Crippen LogP contribution in [0.1, 0.15) is 36.7 Å². The molecular weight excluding hydrogens is 310 g/mol. The SMILES string of the molecule is CN(C)C(=O)CNC(=O)c1ccc(CNC(=O)OC(C)(C)C)cc1. The molecule has 0 saturated carbocycles. The zero-order chi connectivity index (χ0) is 18.3. The summed E-state index contributed by atoms with van der Waals surface area (Å²) < 4.78 is 5.14. The number of alkyl carbamates (subject to hydrolysis) is 1. The van der Waals surface area contributed by atoms with Gasteiger partial charge in [0.05, 0.1) is 6.54 Å². The van der Waals surface area contributed by atoms with E-state index < -0.39 is 11.7 Å². The van der Waals surface area contributed by atoms with Crippen LogP contribution < -0.4 is 10.6 Å². The molecule has 0 spiro atoms. The van der Waals surface area contributed by atoms with E-state index in [9.17, 15) is 14.4 Å². The number of hydrogen-bond acceptors (Lipinski definition) is 4. The summed E-state index contributed by atoms with van der Waals surface area (Å²) in [6, 6.07) is 6.75. The summed E-state index contributed by atoms with van der Waals surface area (Å²) in [5.41, 5.74) is 0.736. The fourth-order valence-corrected chi connectivity index (χ4v) is 1.68. The Balaban J connectivity index is 2.49. The summed E-state index contributed by atoms with van der Waals surface area (Å²) >= 11 is 0. The number of likely N-dealkylation sites (N-methyl/N-ethyl adjacent to an activating group) is 1. The third kappa shape index (κ3) is 7.13. The molecule has 0 aromatic heterocycles. The van der Waals surface area contributed by atoms with Crippen LogP contribution in [0.25, 0.3) is 0 Å². The highest BCUT2D eigenvalue weighted by atomic mass is 16.6. The van der Waals surface area contributed by atoms with Crippen LogP contribution in [-0.2, 0) is 16.1 Å². The molecule has 0 radical (unpaired) electrons. The average Bonchev–Trinajstić information content (AvgIpc) is 2.49. The fraction of sp³-hybridized carbons (Fsp3) is 0.471. The third-order valence-electron chi connectivity index (χ3n) is 2.95. The van der Waals surface area contributed by atoms with E-state index in [1.54, 1.807) is 59.1 Å². The minimum atomic E-state index is -0.546. The van der Waals surface area contributed by atoms with Gasteiger partial charge in [0.15, 0.2) is 0 Å². The summed E-state index contributed by atoms with van der Waals surface area (Å²) in [5, 5.41) is 5.20. The van der Waals surface area contributed by atoms with Crippen molar-refractivity contribution in [2.75, 3.05) is 20.6 Å². The maximum atomic E-state index is 11.9. The fourth-order valence-electron chi connectivity index (χ4n) is 1.68. The molecular formula is C17H25N3O4. The molecule has 0 heterocycles. The van der Waals surface area contributed by atoms with Crippen LogP contribution >= 0.6 is 0 Å². The number of rotatable bonds is 5. The first-order valence-corrected chi connectivity index (χ1v) is 7.62. The number of nitrogens with zero attached hydrogens (tertiary/aromatic N) is 1. The number of hydrogen-bond donors (Lipinski definition) is 2. The minimum Gasteiger partial charge on any atom is -0.444 e. The highest BCUT2D eigenvalue weighted by molar-refractivity contribution is 5.96. The molecule has 0 saturated heterocycles. The Morgan fingerprint density at radius 2 is 1.62 bits per heavy atom. The van der Waals surface area contributed by atoms with Crippen molar-refractivity contribution in [2.45, 2.75) is 32.9 Å². The van der Waals surface area contributed by atoms with Crippen molar-refractivity contribution < 1.29 is 19.1 Å². The molecule has 1 aromatic carbocycles. The van der Waals surface area contributed by atoms with Crippen LogP contribution in [-0.4, -0.2) is 49.0 Å². The Kier molecular flexibility index (Phi) is 6.76. The number of amides is 3. The topological polar surface area (TPSA) is 87.7 Å². The first-order valence-electron chi connectivity index (χ1n) is 7.62. The number of benzene rings is 1. The van der Waals surface area contributed by atoms with Gasteiger partial charge in [-0.1, -0.05) is 12.1 Å². The standard InChI is InChI=1S/C17H25N3O4/c1-17(2,3)24-16(23)19-10-12-6-8-13(9-7-12)15(22)18-11-14(21)20(4)5/h6-9H,10-11H2,1-5H3,(H,18,22)(H,19,23). The van der Waals surface area contributed by atoms with Gasteiger partial charge in [0.25, 0.3) is 5.91 Å². The van der Waals surface area contributed by atoms with E-state index in [2.05, 4.69) is 10.6 Å². The maximum Gasteiger partial charge on any atom is 0.407 e. The minimum absolute atomic E-state index is 0.0478. The quantitative estimate of drug-likeness (QED) is 0.854. The predicted molar refractivity (Wildman–Crippen MR) is 90.5 cm³/mol. The Bertz CT molecular complexity index is 589. The zero-order valence-corrected chi connectivity index (χ0v) is 14.8. The molecule has 0 atom stereocenters. The zero-order valence-electron chi connectivity index (χ0n) is 14.8. The lowest BCUT2D eigenvalue weighted by Crippen LogP contribution is -2.36. The second-order valence-electron chi connectivity index (χ2n) is 6.52. The maximum absolute atomic E-state index is 11.9. The van der Waals surface area contributed by atoms with E-state index in [-0.39, 0.29) is 18.4 Å². The van der Waals surface area contributed by atoms with Gasteiger partial charge in [-0.15, -0.1) is 0 Å². The van der Waals surface area contributed by atoms with Crippen molar-refractivity contribution in [3.63, 3.8) is 0 Å². The van der Waals surface area contributed by atoms with Crippen molar-refractivity contribution in [3.8, 4) is 0 Å². The molecule has 7 heteroatoms. The Morgan fingerprint density at radius 3 is 2.12 bits per heavy atom. The van der Waals surface area contributed by atoms with Crippen molar-refractivity contribution in [2.24, 2.45) is 0 Å². The molecule has 7 nitrogen and oxygen atoms in total. The van der Waals surface area contributed by atoms with Crippen LogP contribution in [0.3, 0.4) is 0 Å². The van der Waals surface area contributed by atoms with Gasteiger partial charge in [0.2, 0.25) is 5.91 Å². The van der Waals surface area contributed by atoms with Gasteiger partial charge >= 0.3 is 6.09 Å². The molecule has 0 aliphatic rings. The van der Waals surface area contributed by atoms with E-state index in [1.807, 2.05) is 0 Å². The predicted octanol–water partition coefficient (Wildman–Crippen LogP) is 1.53. The van der Waals surface area contributed by atoms with E-state index in [4.69, 9.17) is 4.74 Å². The van der Waals surface area contributed by atoms with Crippen molar-refractivity contribution in [1.82, 2.24) is 15.5 Å². The lowest BCUT2D eigenvalue weighted by molar-refractivity contribution is -0.127. The smallest absolute Gasteiger partial charge is 0.407 e. The summed E-state index contributed by atoms with van der Waals surface area (Å²) in [6.45, 7) is 5.63. The highest BCUT2D eigenvalue weighted by Crippen LogP contribution is 2.08. The van der Waals surface area contributed by atoms with Gasteiger partial charge in [-0.2, -0.15) is 0 Å². The summed E-state index contributed by atoms with van der Waals surface area (Å²) in [6.07, 6.45) is -0.494. The van der Waals surface area contributed by atoms with E-state index in [0.29, 0.717) is 12.1 Å². The van der Waals surface area contributed by atoms with Crippen LogP contribution in [0.4, 0.5) is 4.79 Å². The largest absolute Gasteiger partial charge is 0.444 e. The number of nitrogens with one attached hydrogen (secondary N) is 2. The lowest BCUT2D eigenvalue weighted by atomic mass is 10.1. The van der Waals surface area contributed by atoms with Gasteiger partial charge in [0, 0.05) is 26.2 Å². The molecule has 1 aromatic rings. The van der Waals surface area contributed by atoms with Crippen LogP contribution in [0.15, 0.2) is 24.3 Å². The third-order valence-corrected chi connectivity index (χ3v) is 2.95. The molecule has 3 amide bonds. The number of carbonyl (C=O) groups excluding carboxylic acids is 3. The molecule has 1 rings (SSSR count). The highest BCUT2D eigenvalue weighted by Gasteiger charge is 2.15. The molecule has 2 N–H and O–H groups in total. The van der Waals surface area contributed by atoms with E-state index in [0.717, 1.165) is 5.56 Å². The summed E-state index contributed by atoms with van der Waals surface area (Å²) in [7, 11) is 3.25. The van der Waals surface area contributed by atoms with Gasteiger partial charge in [0.1, 0.15) is 5.60 Å². The van der Waals surface area contributed by atoms with Crippen molar-refractivity contribution >= 4 is 17.9 Å². The normalized spacial score (nSPS) is 10.7. The molecule has 24 heavy (non-hydrogen) atoms. The first kappa shape index (κ1) is 19.5. The van der Waals surface area contributed by atoms with Crippen LogP contribution in [0.2, 0.25) is 0 Å². The number of ether oxygens (including phenoxy) is 1. The van der Waals surface area contributed by atoms with Crippen molar-refractivity contribution in [3.05, 3.63) is 35.4 Å². The van der Waals surface area contributed by atoms with Gasteiger partial charge < -0.3 is 20.3 Å². The van der Waals surface area contributed by atoms with Gasteiger partial charge in [-0.05, 0) is 38.5 Å². The monoisotopic (exact) mass is 335 g/mol. The Morgan fingerprint density at radius 1 is 1.04 bits per heavy atom. The van der Waals surface area contributed by atoms with Gasteiger partial charge in [-0.3, -0.25) is 9.59 Å². The average molecular weight is 335 g/mol. The molecule has 132 valence electrons. The van der Waals surface area contributed by atoms with Crippen LogP contribution in [0.5, 0.6) is 0 Å². The molecule has 0 aliphatic heterocycles. The molecule has 0 aliphatic carbocycles. The molecule has 0 bridgehead atoms. The number of carbonyl (C=O) groups is 3. The first-order chi connectivity index (χ1) is 11.1. The summed E-state index contributed by atoms with van der Waals surface area (Å²) in [5.74, 6) is -0.501. The van der Waals surface area contributed by atoms with E-state index in [1.165, 1.54) is 4.90 Å². The Hall–Kier alpha value is -2.57. The van der Waals surface area contributed by atoms with E-state index >= 15 is 0 Å². The molecule has 0 fully saturated rings. The second kappa shape index (κ2) is 8.33.